The maximum atomic E-state index is 12.3. The predicted molar refractivity (Wildman–Crippen MR) is 98.8 cm³/mol. The molecule has 0 unspecified atom stereocenters. The van der Waals surface area contributed by atoms with Crippen molar-refractivity contribution < 1.29 is 9.47 Å². The van der Waals surface area contributed by atoms with E-state index in [1.807, 2.05) is 68.4 Å². The summed E-state index contributed by atoms with van der Waals surface area (Å²) in [7, 11) is 0. The molecule has 128 valence electrons. The molecular weight excluding hydrogens is 314 g/mol. The summed E-state index contributed by atoms with van der Waals surface area (Å²) in [5, 5.41) is 0. The molecule has 25 heavy (non-hydrogen) atoms. The van der Waals surface area contributed by atoms with Crippen molar-refractivity contribution in [1.29, 1.82) is 0 Å². The van der Waals surface area contributed by atoms with Crippen LogP contribution in [-0.4, -0.2) is 17.3 Å². The van der Waals surface area contributed by atoms with Crippen LogP contribution in [-0.2, 0) is 0 Å². The zero-order valence-electron chi connectivity index (χ0n) is 14.4. The Kier molecular flexibility index (Phi) is 5.19. The summed E-state index contributed by atoms with van der Waals surface area (Å²) in [6.45, 7) is 4.30. The molecule has 0 fully saturated rings. The molecule has 0 N–H and O–H groups in total. The number of hydrogen-bond acceptors (Lipinski definition) is 3. The Bertz CT molecular complexity index is 887. The number of para-hydroxylation sites is 1. The summed E-state index contributed by atoms with van der Waals surface area (Å²) in [5.41, 5.74) is 1.83. The van der Waals surface area contributed by atoms with Crippen LogP contribution in [0.15, 0.2) is 77.7 Å². The Morgan fingerprint density at radius 3 is 2.48 bits per heavy atom. The molecule has 3 aromatic rings. The highest BCUT2D eigenvalue weighted by Gasteiger charge is 2.07. The lowest BCUT2D eigenvalue weighted by Gasteiger charge is -2.16. The summed E-state index contributed by atoms with van der Waals surface area (Å²) < 4.78 is 13.1. The number of ether oxygens (including phenoxy) is 2. The zero-order chi connectivity index (χ0) is 17.6. The largest absolute Gasteiger partial charge is 0.489 e. The van der Waals surface area contributed by atoms with E-state index in [1.54, 1.807) is 16.8 Å². The summed E-state index contributed by atoms with van der Waals surface area (Å²) in [6, 6.07) is 20.7. The number of aryl methyl sites for hydroxylation is 1. The van der Waals surface area contributed by atoms with Gasteiger partial charge in [0.25, 0.3) is 5.56 Å². The summed E-state index contributed by atoms with van der Waals surface area (Å²) in [4.78, 5) is 12.3. The molecule has 0 aliphatic heterocycles. The Labute approximate surface area is 147 Å². The topological polar surface area (TPSA) is 40.5 Å². The normalized spacial score (nSPS) is 11.8. The highest BCUT2D eigenvalue weighted by molar-refractivity contribution is 5.36. The summed E-state index contributed by atoms with van der Waals surface area (Å²) in [6.07, 6.45) is 1.61. The third-order valence-electron chi connectivity index (χ3n) is 3.74. The van der Waals surface area contributed by atoms with Gasteiger partial charge in [-0.1, -0.05) is 30.3 Å². The van der Waals surface area contributed by atoms with Gasteiger partial charge in [0.15, 0.2) is 0 Å². The van der Waals surface area contributed by atoms with Crippen LogP contribution in [0, 0.1) is 6.92 Å². The molecule has 0 bridgehead atoms. The molecular formula is C21H21NO3. The minimum absolute atomic E-state index is 0.124. The second-order valence-electron chi connectivity index (χ2n) is 5.96. The van der Waals surface area contributed by atoms with Crippen molar-refractivity contribution in [2.75, 3.05) is 6.61 Å². The van der Waals surface area contributed by atoms with Crippen LogP contribution >= 0.6 is 0 Å². The van der Waals surface area contributed by atoms with Crippen molar-refractivity contribution >= 4 is 0 Å². The van der Waals surface area contributed by atoms with Crippen LogP contribution < -0.4 is 15.0 Å². The highest BCUT2D eigenvalue weighted by Crippen LogP contribution is 2.14. The van der Waals surface area contributed by atoms with Crippen molar-refractivity contribution in [2.24, 2.45) is 0 Å². The molecule has 1 heterocycles. The first-order chi connectivity index (χ1) is 12.1. The van der Waals surface area contributed by atoms with Gasteiger partial charge in [-0.05, 0) is 49.7 Å². The van der Waals surface area contributed by atoms with E-state index in [9.17, 15) is 4.79 Å². The van der Waals surface area contributed by atoms with Gasteiger partial charge < -0.3 is 9.47 Å². The lowest BCUT2D eigenvalue weighted by molar-refractivity contribution is 0.143. The quantitative estimate of drug-likeness (QED) is 0.684. The predicted octanol–water partition coefficient (Wildman–Crippen LogP) is 3.99. The van der Waals surface area contributed by atoms with Crippen LogP contribution in [0.5, 0.6) is 11.5 Å². The van der Waals surface area contributed by atoms with Crippen LogP contribution in [0.1, 0.15) is 12.5 Å². The monoisotopic (exact) mass is 335 g/mol. The lowest BCUT2D eigenvalue weighted by atomic mass is 10.2. The first kappa shape index (κ1) is 16.8. The van der Waals surface area contributed by atoms with Gasteiger partial charge in [0.1, 0.15) is 24.2 Å². The molecule has 0 aliphatic carbocycles. The molecule has 0 amide bonds. The van der Waals surface area contributed by atoms with E-state index in [2.05, 4.69) is 0 Å². The van der Waals surface area contributed by atoms with Gasteiger partial charge in [0.05, 0.1) is 0 Å². The van der Waals surface area contributed by atoms with Gasteiger partial charge in [0, 0.05) is 18.0 Å². The van der Waals surface area contributed by atoms with Crippen molar-refractivity contribution in [3.63, 3.8) is 0 Å². The highest BCUT2D eigenvalue weighted by atomic mass is 16.5. The lowest BCUT2D eigenvalue weighted by Crippen LogP contribution is -2.22. The van der Waals surface area contributed by atoms with E-state index in [4.69, 9.17) is 9.47 Å². The Hall–Kier alpha value is -3.01. The molecule has 0 aliphatic rings. The molecule has 1 aromatic heterocycles. The minimum Gasteiger partial charge on any atom is -0.489 e. The fraction of sp³-hybridized carbons (Fsp3) is 0.190. The van der Waals surface area contributed by atoms with E-state index in [0.717, 1.165) is 17.0 Å². The molecule has 3 rings (SSSR count). The average molecular weight is 335 g/mol. The number of nitrogens with zero attached hydrogens (tertiary/aromatic N) is 1. The van der Waals surface area contributed by atoms with Crippen LogP contribution in [0.25, 0.3) is 5.69 Å². The molecule has 4 heteroatoms. The molecule has 4 nitrogen and oxygen atoms in total. The zero-order valence-corrected chi connectivity index (χ0v) is 14.4. The SMILES string of the molecule is Cc1cccc(-n2ccc(OC[C@H](C)Oc3ccccc3)cc2=O)c1. The van der Waals surface area contributed by atoms with Gasteiger partial charge in [-0.15, -0.1) is 0 Å². The molecule has 0 radical (unpaired) electrons. The smallest absolute Gasteiger partial charge is 0.258 e. The number of pyridine rings is 1. The van der Waals surface area contributed by atoms with Gasteiger partial charge in [-0.2, -0.15) is 0 Å². The molecule has 0 spiro atoms. The van der Waals surface area contributed by atoms with Crippen LogP contribution in [0.3, 0.4) is 0 Å². The molecule has 1 atom stereocenters. The third-order valence-corrected chi connectivity index (χ3v) is 3.74. The first-order valence-electron chi connectivity index (χ1n) is 8.26. The van der Waals surface area contributed by atoms with E-state index < -0.39 is 0 Å². The van der Waals surface area contributed by atoms with E-state index in [1.165, 1.54) is 6.07 Å². The maximum Gasteiger partial charge on any atom is 0.258 e. The van der Waals surface area contributed by atoms with E-state index in [-0.39, 0.29) is 11.7 Å². The average Bonchev–Trinajstić information content (AvgIpc) is 2.61. The number of aromatic nitrogens is 1. The fourth-order valence-electron chi connectivity index (χ4n) is 2.52. The molecule has 2 aromatic carbocycles. The van der Waals surface area contributed by atoms with Gasteiger partial charge in [-0.3, -0.25) is 9.36 Å². The van der Waals surface area contributed by atoms with Gasteiger partial charge >= 0.3 is 0 Å². The second-order valence-corrected chi connectivity index (χ2v) is 5.96. The third kappa shape index (κ3) is 4.51. The first-order valence-corrected chi connectivity index (χ1v) is 8.26. The maximum absolute atomic E-state index is 12.3. The summed E-state index contributed by atoms with van der Waals surface area (Å²) >= 11 is 0. The number of hydrogen-bond donors (Lipinski definition) is 0. The van der Waals surface area contributed by atoms with Crippen molar-refractivity contribution in [3.8, 4) is 17.2 Å². The molecule has 0 saturated carbocycles. The fourth-order valence-corrected chi connectivity index (χ4v) is 2.52. The summed E-state index contributed by atoms with van der Waals surface area (Å²) in [5.74, 6) is 1.34. The number of benzene rings is 2. The van der Waals surface area contributed by atoms with Crippen molar-refractivity contribution in [1.82, 2.24) is 4.57 Å². The minimum atomic E-state index is -0.125. The van der Waals surface area contributed by atoms with Gasteiger partial charge in [-0.25, -0.2) is 0 Å². The Morgan fingerprint density at radius 2 is 1.76 bits per heavy atom. The number of rotatable bonds is 6. The Balaban J connectivity index is 1.64. The van der Waals surface area contributed by atoms with Gasteiger partial charge in [0.2, 0.25) is 0 Å². The van der Waals surface area contributed by atoms with Crippen LogP contribution in [0.4, 0.5) is 0 Å². The van der Waals surface area contributed by atoms with Crippen molar-refractivity contribution in [2.45, 2.75) is 20.0 Å². The van der Waals surface area contributed by atoms with Crippen molar-refractivity contribution in [3.05, 3.63) is 88.8 Å². The Morgan fingerprint density at radius 1 is 0.960 bits per heavy atom. The van der Waals surface area contributed by atoms with Crippen LogP contribution in [0.2, 0.25) is 0 Å². The second kappa shape index (κ2) is 7.71. The standard InChI is InChI=1S/C21H21NO3/c1-16-7-6-8-18(13-16)22-12-11-20(14-21(22)23)24-15-17(2)25-19-9-4-3-5-10-19/h3-14,17H,15H2,1-2H3/t17-/m0/s1. The van der Waals surface area contributed by atoms with E-state index >= 15 is 0 Å². The molecule has 0 saturated heterocycles. The van der Waals surface area contributed by atoms with E-state index in [0.29, 0.717) is 12.4 Å².